The van der Waals surface area contributed by atoms with Crippen molar-refractivity contribution in [3.8, 4) is 11.8 Å². The number of nitrogens with zero attached hydrogens (tertiary/aromatic N) is 3. The van der Waals surface area contributed by atoms with E-state index in [0.29, 0.717) is 29.0 Å². The Morgan fingerprint density at radius 3 is 2.68 bits per heavy atom. The summed E-state index contributed by atoms with van der Waals surface area (Å²) in [4.78, 5) is 15.5. The molecule has 0 aliphatic heterocycles. The maximum absolute atomic E-state index is 11.0. The van der Waals surface area contributed by atoms with E-state index in [1.807, 2.05) is 23.6 Å². The van der Waals surface area contributed by atoms with E-state index in [2.05, 4.69) is 11.1 Å². The first-order valence-electron chi connectivity index (χ1n) is 7.79. The van der Waals surface area contributed by atoms with Crippen LogP contribution in [-0.2, 0) is 6.42 Å². The molecule has 0 saturated carbocycles. The number of carboxylic acids is 1. The molecule has 4 aromatic rings. The molecule has 1 N–H and O–H groups in total. The molecule has 2 heterocycles. The van der Waals surface area contributed by atoms with Gasteiger partial charge in [-0.05, 0) is 36.4 Å². The Morgan fingerprint density at radius 1 is 1.28 bits per heavy atom. The zero-order chi connectivity index (χ0) is 17.6. The number of nitriles is 1. The second kappa shape index (κ2) is 5.49. The van der Waals surface area contributed by atoms with Crippen LogP contribution in [0.1, 0.15) is 28.7 Å². The standard InChI is InChI=1S/C19H13N3O3/c1-2-16-21-18-15(25-16)8-7-14-17(18)12(9-20)10-22(14)13-5-3-11(4-6-13)19(23)24/h3-8,10H,2H2,1H3,(H,23,24). The monoisotopic (exact) mass is 331 g/mol. The van der Waals surface area contributed by atoms with E-state index in [0.717, 1.165) is 16.6 Å². The van der Waals surface area contributed by atoms with Crippen molar-refractivity contribution in [3.63, 3.8) is 0 Å². The number of fused-ring (bicyclic) bond motifs is 3. The molecule has 0 radical (unpaired) electrons. The average Bonchev–Trinajstić information content (AvgIpc) is 3.22. The molecule has 122 valence electrons. The highest BCUT2D eigenvalue weighted by Crippen LogP contribution is 2.31. The molecule has 25 heavy (non-hydrogen) atoms. The van der Waals surface area contributed by atoms with Crippen LogP contribution < -0.4 is 0 Å². The Morgan fingerprint density at radius 2 is 2.04 bits per heavy atom. The smallest absolute Gasteiger partial charge is 0.335 e. The maximum Gasteiger partial charge on any atom is 0.335 e. The largest absolute Gasteiger partial charge is 0.478 e. The second-order valence-electron chi connectivity index (χ2n) is 5.64. The van der Waals surface area contributed by atoms with Crippen LogP contribution in [0.2, 0.25) is 0 Å². The SMILES string of the molecule is CCc1nc2c(ccc3c2c(C#N)cn3-c2ccc(C(=O)O)cc2)o1. The van der Waals surface area contributed by atoms with Gasteiger partial charge in [-0.25, -0.2) is 9.78 Å². The lowest BCUT2D eigenvalue weighted by molar-refractivity contribution is 0.0697. The second-order valence-corrected chi connectivity index (χ2v) is 5.64. The first-order chi connectivity index (χ1) is 12.1. The molecule has 6 nitrogen and oxygen atoms in total. The van der Waals surface area contributed by atoms with Gasteiger partial charge in [0.15, 0.2) is 11.5 Å². The number of aromatic nitrogens is 2. The quantitative estimate of drug-likeness (QED) is 0.614. The number of aromatic carboxylic acids is 1. The van der Waals surface area contributed by atoms with Crippen molar-refractivity contribution in [2.24, 2.45) is 0 Å². The van der Waals surface area contributed by atoms with Crippen LogP contribution in [0, 0.1) is 11.3 Å². The third kappa shape index (κ3) is 2.25. The summed E-state index contributed by atoms with van der Waals surface area (Å²) in [5, 5.41) is 19.3. The summed E-state index contributed by atoms with van der Waals surface area (Å²) in [6.45, 7) is 1.96. The van der Waals surface area contributed by atoms with Crippen LogP contribution in [0.4, 0.5) is 0 Å². The lowest BCUT2D eigenvalue weighted by Crippen LogP contribution is -1.97. The highest BCUT2D eigenvalue weighted by molar-refractivity contribution is 6.06. The maximum atomic E-state index is 11.0. The number of hydrogen-bond donors (Lipinski definition) is 1. The van der Waals surface area contributed by atoms with Gasteiger partial charge in [-0.3, -0.25) is 0 Å². The molecule has 2 aromatic heterocycles. The lowest BCUT2D eigenvalue weighted by Gasteiger charge is -2.05. The zero-order valence-electron chi connectivity index (χ0n) is 13.4. The zero-order valence-corrected chi connectivity index (χ0v) is 13.4. The topological polar surface area (TPSA) is 92.0 Å². The van der Waals surface area contributed by atoms with Crippen molar-refractivity contribution < 1.29 is 14.3 Å². The molecule has 0 aliphatic carbocycles. The third-order valence-corrected chi connectivity index (χ3v) is 4.19. The van der Waals surface area contributed by atoms with Crippen molar-refractivity contribution in [1.82, 2.24) is 9.55 Å². The fraction of sp³-hybridized carbons (Fsp3) is 0.105. The Bertz CT molecular complexity index is 1160. The fourth-order valence-electron chi connectivity index (χ4n) is 2.97. The molecule has 0 bridgehead atoms. The normalized spacial score (nSPS) is 11.0. The van der Waals surface area contributed by atoms with E-state index in [9.17, 15) is 10.1 Å². The molecule has 0 amide bonds. The van der Waals surface area contributed by atoms with E-state index >= 15 is 0 Å². The molecule has 6 heteroatoms. The van der Waals surface area contributed by atoms with E-state index in [4.69, 9.17) is 9.52 Å². The fourth-order valence-corrected chi connectivity index (χ4v) is 2.97. The molecule has 0 spiro atoms. The summed E-state index contributed by atoms with van der Waals surface area (Å²) >= 11 is 0. The number of oxazole rings is 1. The molecule has 2 aromatic carbocycles. The first-order valence-corrected chi connectivity index (χ1v) is 7.79. The number of carboxylic acid groups (broad SMARTS) is 1. The average molecular weight is 331 g/mol. The summed E-state index contributed by atoms with van der Waals surface area (Å²) in [6, 6.07) is 12.5. The molecule has 0 unspecified atom stereocenters. The first kappa shape index (κ1) is 15.0. The molecule has 0 aliphatic rings. The molecule has 4 rings (SSSR count). The molecular formula is C19H13N3O3. The minimum Gasteiger partial charge on any atom is -0.478 e. The van der Waals surface area contributed by atoms with Crippen LogP contribution in [-0.4, -0.2) is 20.6 Å². The minimum absolute atomic E-state index is 0.215. The van der Waals surface area contributed by atoms with E-state index in [1.54, 1.807) is 30.5 Å². The lowest BCUT2D eigenvalue weighted by atomic mass is 10.1. The molecular weight excluding hydrogens is 318 g/mol. The predicted molar refractivity (Wildman–Crippen MR) is 91.9 cm³/mol. The molecule has 0 atom stereocenters. The summed E-state index contributed by atoms with van der Waals surface area (Å²) in [5.41, 5.74) is 3.64. The predicted octanol–water partition coefficient (Wildman–Crippen LogP) is 3.90. The van der Waals surface area contributed by atoms with Crippen LogP contribution in [0.25, 0.3) is 27.7 Å². The van der Waals surface area contributed by atoms with Crippen LogP contribution >= 0.6 is 0 Å². The van der Waals surface area contributed by atoms with Gasteiger partial charge >= 0.3 is 5.97 Å². The highest BCUT2D eigenvalue weighted by atomic mass is 16.4. The van der Waals surface area contributed by atoms with Gasteiger partial charge in [0.2, 0.25) is 0 Å². The van der Waals surface area contributed by atoms with Gasteiger partial charge in [0.1, 0.15) is 11.6 Å². The Labute approximate surface area is 142 Å². The van der Waals surface area contributed by atoms with Gasteiger partial charge < -0.3 is 14.1 Å². The van der Waals surface area contributed by atoms with Crippen LogP contribution in [0.3, 0.4) is 0 Å². The Balaban J connectivity index is 1.99. The van der Waals surface area contributed by atoms with Gasteiger partial charge in [-0.15, -0.1) is 0 Å². The number of aryl methyl sites for hydroxylation is 1. The minimum atomic E-state index is -0.974. The van der Waals surface area contributed by atoms with Crippen LogP contribution in [0.15, 0.2) is 47.0 Å². The number of hydrogen-bond acceptors (Lipinski definition) is 4. The summed E-state index contributed by atoms with van der Waals surface area (Å²) in [6.07, 6.45) is 2.41. The van der Waals surface area contributed by atoms with E-state index in [-0.39, 0.29) is 5.56 Å². The summed E-state index contributed by atoms with van der Waals surface area (Å²) in [7, 11) is 0. The Kier molecular flexibility index (Phi) is 3.29. The van der Waals surface area contributed by atoms with Crippen molar-refractivity contribution in [2.45, 2.75) is 13.3 Å². The van der Waals surface area contributed by atoms with Gasteiger partial charge in [0.25, 0.3) is 0 Å². The van der Waals surface area contributed by atoms with Gasteiger partial charge in [-0.1, -0.05) is 6.92 Å². The number of benzene rings is 2. The van der Waals surface area contributed by atoms with Crippen LogP contribution in [0.5, 0.6) is 0 Å². The van der Waals surface area contributed by atoms with Crippen molar-refractivity contribution in [3.05, 3.63) is 59.6 Å². The van der Waals surface area contributed by atoms with E-state index in [1.165, 1.54) is 0 Å². The number of carbonyl (C=O) groups is 1. The highest BCUT2D eigenvalue weighted by Gasteiger charge is 2.17. The van der Waals surface area contributed by atoms with Gasteiger partial charge in [0, 0.05) is 23.7 Å². The third-order valence-electron chi connectivity index (χ3n) is 4.19. The van der Waals surface area contributed by atoms with Crippen molar-refractivity contribution in [1.29, 1.82) is 5.26 Å². The van der Waals surface area contributed by atoms with Crippen molar-refractivity contribution in [2.75, 3.05) is 0 Å². The van der Waals surface area contributed by atoms with E-state index < -0.39 is 5.97 Å². The molecule has 0 saturated heterocycles. The Hall–Kier alpha value is -3.59. The summed E-state index contributed by atoms with van der Waals surface area (Å²) < 4.78 is 7.55. The van der Waals surface area contributed by atoms with Crippen molar-refractivity contribution >= 4 is 28.0 Å². The molecule has 0 fully saturated rings. The van der Waals surface area contributed by atoms with Gasteiger partial charge in [-0.2, -0.15) is 5.26 Å². The summed E-state index contributed by atoms with van der Waals surface area (Å²) in [5.74, 6) is -0.344. The van der Waals surface area contributed by atoms with Gasteiger partial charge in [0.05, 0.1) is 16.6 Å². The number of rotatable bonds is 3.